The maximum Gasteiger partial charge on any atom is 0.339 e. The number of thioether (sulfide) groups is 1. The molecule has 0 spiro atoms. The summed E-state index contributed by atoms with van der Waals surface area (Å²) in [5.41, 5.74) is 0.984. The molecule has 0 unspecified atom stereocenters. The molecule has 2 N–H and O–H groups in total. The Bertz CT molecular complexity index is 338. The molecule has 0 bridgehead atoms. The molecule has 0 aliphatic rings. The lowest BCUT2D eigenvalue weighted by atomic mass is 10.2. The summed E-state index contributed by atoms with van der Waals surface area (Å²) >= 11 is 1.75. The molecule has 0 radical (unpaired) electrons. The van der Waals surface area contributed by atoms with E-state index in [0.29, 0.717) is 12.2 Å². The van der Waals surface area contributed by atoms with Crippen LogP contribution in [0.25, 0.3) is 0 Å². The minimum Gasteiger partial charge on any atom is -0.478 e. The molecule has 1 rings (SSSR count). The topological polar surface area (TPSA) is 67.2 Å². The van der Waals surface area contributed by atoms with Crippen molar-refractivity contribution < 1.29 is 9.90 Å². The molecule has 1 aromatic heterocycles. The number of aromatic carboxylic acids is 1. The average Bonchev–Trinajstić information content (AvgIpc) is 2.55. The maximum absolute atomic E-state index is 10.8. The minimum absolute atomic E-state index is 0.272. The van der Waals surface area contributed by atoms with Crippen LogP contribution in [-0.2, 0) is 13.6 Å². The molecule has 1 aromatic rings. The summed E-state index contributed by atoms with van der Waals surface area (Å²) in [6, 6.07) is 0. The number of aryl methyl sites for hydroxylation is 1. The molecular formula is C9H15N3O2S. The number of aromatic nitrogens is 2. The Morgan fingerprint density at radius 2 is 2.47 bits per heavy atom. The van der Waals surface area contributed by atoms with E-state index in [0.717, 1.165) is 12.3 Å². The predicted molar refractivity (Wildman–Crippen MR) is 60.3 cm³/mol. The van der Waals surface area contributed by atoms with Crippen LogP contribution in [0.5, 0.6) is 0 Å². The Morgan fingerprint density at radius 3 is 3.07 bits per heavy atom. The van der Waals surface area contributed by atoms with Gasteiger partial charge in [-0.2, -0.15) is 16.9 Å². The van der Waals surface area contributed by atoms with Gasteiger partial charge in [0.1, 0.15) is 5.56 Å². The van der Waals surface area contributed by atoms with Gasteiger partial charge in [0.2, 0.25) is 0 Å². The van der Waals surface area contributed by atoms with Gasteiger partial charge in [0.25, 0.3) is 0 Å². The third-order valence-electron chi connectivity index (χ3n) is 2.07. The maximum atomic E-state index is 10.8. The Hall–Kier alpha value is -1.01. The molecule has 5 nitrogen and oxygen atoms in total. The summed E-state index contributed by atoms with van der Waals surface area (Å²) in [5, 5.41) is 16.0. The third kappa shape index (κ3) is 3.24. The molecule has 6 heteroatoms. The van der Waals surface area contributed by atoms with E-state index in [4.69, 9.17) is 5.11 Å². The summed E-state index contributed by atoms with van der Waals surface area (Å²) in [6.07, 6.45) is 3.42. The molecule has 0 amide bonds. The van der Waals surface area contributed by atoms with Crippen LogP contribution in [0.4, 0.5) is 0 Å². The quantitative estimate of drug-likeness (QED) is 0.698. The zero-order chi connectivity index (χ0) is 11.3. The number of carboxylic acid groups (broad SMARTS) is 1. The van der Waals surface area contributed by atoms with Crippen molar-refractivity contribution in [1.82, 2.24) is 15.1 Å². The number of hydrogen-bond donors (Lipinski definition) is 2. The molecule has 0 saturated carbocycles. The first-order chi connectivity index (χ1) is 7.16. The van der Waals surface area contributed by atoms with Crippen LogP contribution in [0.3, 0.4) is 0 Å². The van der Waals surface area contributed by atoms with Crippen molar-refractivity contribution in [3.05, 3.63) is 17.5 Å². The normalized spacial score (nSPS) is 10.5. The lowest BCUT2D eigenvalue weighted by molar-refractivity contribution is 0.0695. The van der Waals surface area contributed by atoms with E-state index in [-0.39, 0.29) is 5.56 Å². The van der Waals surface area contributed by atoms with E-state index < -0.39 is 5.97 Å². The molecule has 0 aliphatic carbocycles. The van der Waals surface area contributed by atoms with E-state index in [1.54, 1.807) is 23.5 Å². The number of nitrogens with zero attached hydrogens (tertiary/aromatic N) is 2. The van der Waals surface area contributed by atoms with Gasteiger partial charge in [0, 0.05) is 25.9 Å². The van der Waals surface area contributed by atoms with Crippen LogP contribution < -0.4 is 5.32 Å². The average molecular weight is 229 g/mol. The van der Waals surface area contributed by atoms with Crippen molar-refractivity contribution in [2.75, 3.05) is 18.6 Å². The highest BCUT2D eigenvalue weighted by atomic mass is 32.2. The van der Waals surface area contributed by atoms with E-state index in [1.807, 2.05) is 6.26 Å². The van der Waals surface area contributed by atoms with Gasteiger partial charge >= 0.3 is 5.97 Å². The Balaban J connectivity index is 2.58. The number of carbonyl (C=O) groups is 1. The molecule has 0 atom stereocenters. The lowest BCUT2D eigenvalue weighted by Crippen LogP contribution is -2.20. The summed E-state index contributed by atoms with van der Waals surface area (Å²) in [6.45, 7) is 1.41. The van der Waals surface area contributed by atoms with Crippen molar-refractivity contribution in [1.29, 1.82) is 0 Å². The van der Waals surface area contributed by atoms with Crippen LogP contribution in [0.1, 0.15) is 16.1 Å². The highest BCUT2D eigenvalue weighted by molar-refractivity contribution is 7.98. The lowest BCUT2D eigenvalue weighted by Gasteiger charge is -2.05. The van der Waals surface area contributed by atoms with Gasteiger partial charge in [-0.3, -0.25) is 4.68 Å². The summed E-state index contributed by atoms with van der Waals surface area (Å²) in [7, 11) is 1.75. The fourth-order valence-corrected chi connectivity index (χ4v) is 1.58. The van der Waals surface area contributed by atoms with E-state index >= 15 is 0 Å². The van der Waals surface area contributed by atoms with Crippen LogP contribution in [-0.4, -0.2) is 39.4 Å². The Morgan fingerprint density at radius 1 is 1.73 bits per heavy atom. The largest absolute Gasteiger partial charge is 0.478 e. The summed E-state index contributed by atoms with van der Waals surface area (Å²) < 4.78 is 1.59. The molecule has 0 saturated heterocycles. The number of rotatable bonds is 6. The van der Waals surface area contributed by atoms with Crippen LogP contribution in [0.15, 0.2) is 6.20 Å². The fourth-order valence-electron chi connectivity index (χ4n) is 1.23. The van der Waals surface area contributed by atoms with Gasteiger partial charge < -0.3 is 10.4 Å². The first kappa shape index (κ1) is 12.1. The Labute approximate surface area is 92.9 Å². The van der Waals surface area contributed by atoms with Crippen molar-refractivity contribution in [2.24, 2.45) is 7.05 Å². The molecule has 15 heavy (non-hydrogen) atoms. The minimum atomic E-state index is -0.926. The zero-order valence-electron chi connectivity index (χ0n) is 8.86. The highest BCUT2D eigenvalue weighted by Gasteiger charge is 2.13. The first-order valence-corrected chi connectivity index (χ1v) is 6.00. The van der Waals surface area contributed by atoms with Crippen molar-refractivity contribution >= 4 is 17.7 Å². The molecule has 0 aromatic carbocycles. The zero-order valence-corrected chi connectivity index (χ0v) is 9.67. The van der Waals surface area contributed by atoms with Crippen LogP contribution >= 0.6 is 11.8 Å². The molecule has 1 heterocycles. The van der Waals surface area contributed by atoms with Crippen molar-refractivity contribution in [2.45, 2.75) is 6.54 Å². The van der Waals surface area contributed by atoms with Crippen LogP contribution in [0, 0.1) is 0 Å². The second kappa shape index (κ2) is 5.77. The molecular weight excluding hydrogens is 214 g/mol. The number of carboxylic acids is 1. The van der Waals surface area contributed by atoms with Gasteiger partial charge in [-0.15, -0.1) is 0 Å². The van der Waals surface area contributed by atoms with Crippen LogP contribution in [0.2, 0.25) is 0 Å². The number of hydrogen-bond acceptors (Lipinski definition) is 4. The number of nitrogens with one attached hydrogen (secondary N) is 1. The predicted octanol–water partition coefficient (Wildman–Crippen LogP) is 0.571. The smallest absolute Gasteiger partial charge is 0.339 e. The summed E-state index contributed by atoms with van der Waals surface area (Å²) in [5.74, 6) is 0.0880. The monoisotopic (exact) mass is 229 g/mol. The SMILES string of the molecule is CSCCNCc1c(C(=O)O)cnn1C. The highest BCUT2D eigenvalue weighted by Crippen LogP contribution is 2.06. The Kier molecular flexibility index (Phi) is 4.64. The van der Waals surface area contributed by atoms with Gasteiger partial charge in [0.05, 0.1) is 11.9 Å². The van der Waals surface area contributed by atoms with Crippen molar-refractivity contribution in [3.8, 4) is 0 Å². The molecule has 84 valence electrons. The molecule has 0 aliphatic heterocycles. The van der Waals surface area contributed by atoms with Crippen molar-refractivity contribution in [3.63, 3.8) is 0 Å². The van der Waals surface area contributed by atoms with E-state index in [1.165, 1.54) is 6.20 Å². The first-order valence-electron chi connectivity index (χ1n) is 4.60. The van der Waals surface area contributed by atoms with Gasteiger partial charge in [-0.05, 0) is 6.26 Å². The fraction of sp³-hybridized carbons (Fsp3) is 0.556. The van der Waals surface area contributed by atoms with E-state index in [9.17, 15) is 4.79 Å². The third-order valence-corrected chi connectivity index (χ3v) is 2.68. The second-order valence-electron chi connectivity index (χ2n) is 3.10. The van der Waals surface area contributed by atoms with Gasteiger partial charge in [0.15, 0.2) is 0 Å². The molecule has 0 fully saturated rings. The second-order valence-corrected chi connectivity index (χ2v) is 4.09. The van der Waals surface area contributed by atoms with Gasteiger partial charge in [-0.1, -0.05) is 0 Å². The standard InChI is InChI=1S/C9H15N3O2S/c1-12-8(6-10-3-4-15-2)7(5-11-12)9(13)14/h5,10H,3-4,6H2,1-2H3,(H,13,14). The summed E-state index contributed by atoms with van der Waals surface area (Å²) in [4.78, 5) is 10.8. The van der Waals surface area contributed by atoms with Gasteiger partial charge in [-0.25, -0.2) is 4.79 Å². The van der Waals surface area contributed by atoms with E-state index in [2.05, 4.69) is 10.4 Å².